The zero-order chi connectivity index (χ0) is 15.0. The van der Waals surface area contributed by atoms with Gasteiger partial charge in [-0.1, -0.05) is 19.9 Å². The minimum Gasteiger partial charge on any atom is -0.493 e. The second-order valence-electron chi connectivity index (χ2n) is 3.89. The van der Waals surface area contributed by atoms with Crippen molar-refractivity contribution in [1.82, 2.24) is 9.97 Å². The van der Waals surface area contributed by atoms with Crippen molar-refractivity contribution in [2.75, 3.05) is 6.61 Å². The fraction of sp³-hybridized carbons (Fsp3) is 0.333. The smallest absolute Gasteiger partial charge is 0.251 e. The van der Waals surface area contributed by atoms with Gasteiger partial charge in [0.1, 0.15) is 17.4 Å². The van der Waals surface area contributed by atoms with Gasteiger partial charge in [0.25, 0.3) is 5.56 Å². The zero-order valence-corrected chi connectivity index (χ0v) is 11.9. The third kappa shape index (κ3) is 5.22. The summed E-state index contributed by atoms with van der Waals surface area (Å²) >= 11 is 0. The van der Waals surface area contributed by atoms with Crippen LogP contribution in [-0.4, -0.2) is 16.6 Å². The Hall–Kier alpha value is -2.17. The molecule has 0 aliphatic carbocycles. The number of halogens is 1. The standard InChI is InChI=1S/C13H13FN2O2.C2H6/c1-9-7-13(17)16-12(15-9)5-6-18-11-4-2-3-10(14)8-11;1-2/h2-4,7-8H,5-6H2,1H3,(H,15,16,17);1-2H3. The highest BCUT2D eigenvalue weighted by molar-refractivity contribution is 5.22. The van der Waals surface area contributed by atoms with E-state index in [0.29, 0.717) is 30.3 Å². The molecule has 1 N–H and O–H groups in total. The number of aromatic amines is 1. The number of hydrogen-bond donors (Lipinski definition) is 1. The van der Waals surface area contributed by atoms with Crippen LogP contribution in [0.3, 0.4) is 0 Å². The first-order chi connectivity index (χ1) is 9.63. The summed E-state index contributed by atoms with van der Waals surface area (Å²) in [7, 11) is 0. The summed E-state index contributed by atoms with van der Waals surface area (Å²) < 4.78 is 18.3. The van der Waals surface area contributed by atoms with Crippen molar-refractivity contribution in [3.63, 3.8) is 0 Å². The first-order valence-electron chi connectivity index (χ1n) is 6.59. The van der Waals surface area contributed by atoms with Crippen LogP contribution in [0.2, 0.25) is 0 Å². The fourth-order valence-electron chi connectivity index (χ4n) is 1.58. The van der Waals surface area contributed by atoms with Gasteiger partial charge in [0.05, 0.1) is 6.61 Å². The molecule has 1 aromatic carbocycles. The summed E-state index contributed by atoms with van der Waals surface area (Å²) in [4.78, 5) is 18.0. The molecule has 0 saturated heterocycles. The van der Waals surface area contributed by atoms with E-state index < -0.39 is 0 Å². The van der Waals surface area contributed by atoms with Crippen LogP contribution in [-0.2, 0) is 6.42 Å². The Morgan fingerprint density at radius 1 is 1.30 bits per heavy atom. The summed E-state index contributed by atoms with van der Waals surface area (Å²) in [5.74, 6) is 0.691. The molecule has 0 atom stereocenters. The van der Waals surface area contributed by atoms with E-state index in [4.69, 9.17) is 4.74 Å². The molecule has 0 radical (unpaired) electrons. The molecule has 108 valence electrons. The molecule has 0 spiro atoms. The lowest BCUT2D eigenvalue weighted by atomic mass is 10.3. The van der Waals surface area contributed by atoms with Crippen LogP contribution in [0.25, 0.3) is 0 Å². The molecule has 1 aromatic heterocycles. The normalized spacial score (nSPS) is 9.60. The molecular weight excluding hydrogens is 259 g/mol. The highest BCUT2D eigenvalue weighted by atomic mass is 19.1. The minimum atomic E-state index is -0.338. The SMILES string of the molecule is CC.Cc1cc(=O)[nH]c(CCOc2cccc(F)c2)n1. The van der Waals surface area contributed by atoms with Crippen molar-refractivity contribution in [3.05, 3.63) is 58.0 Å². The average Bonchev–Trinajstić information content (AvgIpc) is 2.40. The van der Waals surface area contributed by atoms with Gasteiger partial charge in [0, 0.05) is 24.2 Å². The van der Waals surface area contributed by atoms with Crippen molar-refractivity contribution in [1.29, 1.82) is 0 Å². The number of nitrogens with zero attached hydrogens (tertiary/aromatic N) is 1. The number of nitrogens with one attached hydrogen (secondary N) is 1. The van der Waals surface area contributed by atoms with E-state index in [1.165, 1.54) is 18.2 Å². The van der Waals surface area contributed by atoms with E-state index in [-0.39, 0.29) is 11.4 Å². The molecule has 0 aliphatic heterocycles. The number of aromatic nitrogens is 2. The Kier molecular flexibility index (Phi) is 6.43. The third-order valence-corrected chi connectivity index (χ3v) is 2.32. The van der Waals surface area contributed by atoms with Crippen LogP contribution in [0.4, 0.5) is 4.39 Å². The van der Waals surface area contributed by atoms with Crippen LogP contribution < -0.4 is 10.3 Å². The Balaban J connectivity index is 0.000000956. The van der Waals surface area contributed by atoms with Crippen LogP contribution in [0.15, 0.2) is 35.1 Å². The van der Waals surface area contributed by atoms with Gasteiger partial charge in [-0.25, -0.2) is 9.37 Å². The van der Waals surface area contributed by atoms with Gasteiger partial charge in [-0.15, -0.1) is 0 Å². The van der Waals surface area contributed by atoms with E-state index in [2.05, 4.69) is 9.97 Å². The molecule has 0 fully saturated rings. The maximum atomic E-state index is 12.9. The predicted octanol–water partition coefficient (Wildman–Crippen LogP) is 2.87. The van der Waals surface area contributed by atoms with E-state index in [1.807, 2.05) is 13.8 Å². The van der Waals surface area contributed by atoms with Gasteiger partial charge in [-0.2, -0.15) is 0 Å². The Morgan fingerprint density at radius 3 is 2.70 bits per heavy atom. The van der Waals surface area contributed by atoms with E-state index in [0.717, 1.165) is 0 Å². The molecule has 0 amide bonds. The average molecular weight is 278 g/mol. The summed E-state index contributed by atoms with van der Waals surface area (Å²) in [5, 5.41) is 0. The highest BCUT2D eigenvalue weighted by Gasteiger charge is 2.00. The quantitative estimate of drug-likeness (QED) is 0.935. The van der Waals surface area contributed by atoms with Crippen LogP contribution in [0.1, 0.15) is 25.4 Å². The van der Waals surface area contributed by atoms with Gasteiger partial charge < -0.3 is 9.72 Å². The Morgan fingerprint density at radius 2 is 2.05 bits per heavy atom. The number of hydrogen-bond acceptors (Lipinski definition) is 3. The van der Waals surface area contributed by atoms with Crippen molar-refractivity contribution >= 4 is 0 Å². The monoisotopic (exact) mass is 278 g/mol. The maximum absolute atomic E-state index is 12.9. The summed E-state index contributed by atoms with van der Waals surface area (Å²) in [6, 6.07) is 7.35. The molecule has 4 nitrogen and oxygen atoms in total. The van der Waals surface area contributed by atoms with Crippen LogP contribution >= 0.6 is 0 Å². The number of aryl methyl sites for hydroxylation is 1. The summed E-state index contributed by atoms with van der Waals surface area (Å²) in [6.07, 6.45) is 0.466. The van der Waals surface area contributed by atoms with Crippen molar-refractivity contribution in [2.24, 2.45) is 0 Å². The molecule has 2 aromatic rings. The largest absolute Gasteiger partial charge is 0.493 e. The third-order valence-electron chi connectivity index (χ3n) is 2.32. The van der Waals surface area contributed by atoms with Gasteiger partial charge in [0.15, 0.2) is 0 Å². The van der Waals surface area contributed by atoms with Gasteiger partial charge in [0.2, 0.25) is 0 Å². The zero-order valence-electron chi connectivity index (χ0n) is 11.9. The van der Waals surface area contributed by atoms with Crippen molar-refractivity contribution < 1.29 is 9.13 Å². The molecule has 20 heavy (non-hydrogen) atoms. The lowest BCUT2D eigenvalue weighted by molar-refractivity contribution is 0.317. The minimum absolute atomic E-state index is 0.178. The second kappa shape index (κ2) is 8.09. The maximum Gasteiger partial charge on any atom is 0.251 e. The van der Waals surface area contributed by atoms with Crippen molar-refractivity contribution in [2.45, 2.75) is 27.2 Å². The molecule has 0 unspecified atom stereocenters. The van der Waals surface area contributed by atoms with Crippen LogP contribution in [0.5, 0.6) is 5.75 Å². The highest BCUT2D eigenvalue weighted by Crippen LogP contribution is 2.11. The number of ether oxygens (including phenoxy) is 1. The Bertz CT molecular complexity index is 596. The summed E-state index contributed by atoms with van der Waals surface area (Å²) in [5.41, 5.74) is 0.489. The fourth-order valence-corrected chi connectivity index (χ4v) is 1.58. The Labute approximate surface area is 117 Å². The molecule has 5 heteroatoms. The van der Waals surface area contributed by atoms with Crippen molar-refractivity contribution in [3.8, 4) is 5.75 Å². The first kappa shape index (κ1) is 15.9. The molecule has 0 bridgehead atoms. The van der Waals surface area contributed by atoms with Gasteiger partial charge >= 0.3 is 0 Å². The number of H-pyrrole nitrogens is 1. The lowest BCUT2D eigenvalue weighted by Crippen LogP contribution is -2.13. The van der Waals surface area contributed by atoms with Gasteiger partial charge in [-0.05, 0) is 19.1 Å². The van der Waals surface area contributed by atoms with Gasteiger partial charge in [-0.3, -0.25) is 4.79 Å². The molecule has 0 saturated carbocycles. The topological polar surface area (TPSA) is 55.0 Å². The first-order valence-corrected chi connectivity index (χ1v) is 6.59. The predicted molar refractivity (Wildman–Crippen MR) is 76.5 cm³/mol. The van der Waals surface area contributed by atoms with E-state index >= 15 is 0 Å². The molecular formula is C15H19FN2O2. The summed E-state index contributed by atoms with van der Waals surface area (Å²) in [6.45, 7) is 6.09. The number of rotatable bonds is 4. The van der Waals surface area contributed by atoms with Crippen LogP contribution in [0, 0.1) is 12.7 Å². The molecule has 0 aliphatic rings. The lowest BCUT2D eigenvalue weighted by Gasteiger charge is -2.06. The second-order valence-corrected chi connectivity index (χ2v) is 3.89. The van der Waals surface area contributed by atoms with E-state index in [9.17, 15) is 9.18 Å². The number of benzene rings is 1. The molecule has 1 heterocycles. The van der Waals surface area contributed by atoms with E-state index in [1.54, 1.807) is 19.1 Å². The molecule has 2 rings (SSSR count).